The molecule has 0 fully saturated rings. The number of benzene rings is 2. The van der Waals surface area contributed by atoms with Crippen molar-refractivity contribution in [1.29, 1.82) is 0 Å². The second-order valence-corrected chi connectivity index (χ2v) is 5.32. The van der Waals surface area contributed by atoms with E-state index in [1.807, 2.05) is 18.2 Å². The first-order valence-corrected chi connectivity index (χ1v) is 6.76. The van der Waals surface area contributed by atoms with Gasteiger partial charge in [-0.1, -0.05) is 35.9 Å². The molecule has 0 atom stereocenters. The van der Waals surface area contributed by atoms with Crippen LogP contribution in [0.25, 0.3) is 21.2 Å². The third-order valence-electron chi connectivity index (χ3n) is 2.91. The molecule has 1 heterocycles. The summed E-state index contributed by atoms with van der Waals surface area (Å²) in [6.45, 7) is 0. The van der Waals surface area contributed by atoms with Crippen LogP contribution in [0.2, 0.25) is 5.02 Å². The summed E-state index contributed by atoms with van der Waals surface area (Å²) in [5.74, 6) is 0. The molecule has 0 bridgehead atoms. The predicted octanol–water partition coefficient (Wildman–Crippen LogP) is 5.03. The first kappa shape index (κ1) is 11.5. The molecule has 0 N–H and O–H groups in total. The van der Waals surface area contributed by atoms with Gasteiger partial charge >= 0.3 is 0 Å². The zero-order valence-electron chi connectivity index (χ0n) is 9.39. The lowest BCUT2D eigenvalue weighted by Gasteiger charge is -2.05. The van der Waals surface area contributed by atoms with E-state index in [4.69, 9.17) is 11.6 Å². The van der Waals surface area contributed by atoms with Crippen LogP contribution in [0.15, 0.2) is 47.8 Å². The zero-order chi connectivity index (χ0) is 12.5. The summed E-state index contributed by atoms with van der Waals surface area (Å²) in [7, 11) is 0. The van der Waals surface area contributed by atoms with Gasteiger partial charge in [0.15, 0.2) is 6.29 Å². The third-order valence-corrected chi connectivity index (χ3v) is 4.22. The van der Waals surface area contributed by atoms with E-state index >= 15 is 0 Å². The van der Waals surface area contributed by atoms with Gasteiger partial charge in [-0.05, 0) is 40.1 Å². The molecule has 1 aromatic heterocycles. The Hall–Kier alpha value is -1.64. The summed E-state index contributed by atoms with van der Waals surface area (Å²) in [6.07, 6.45) is 0.792. The highest BCUT2D eigenvalue weighted by molar-refractivity contribution is 7.17. The van der Waals surface area contributed by atoms with Gasteiger partial charge < -0.3 is 0 Å². The number of carbonyl (C=O) groups excluding carboxylic acids is 1. The van der Waals surface area contributed by atoms with Crippen molar-refractivity contribution in [2.75, 3.05) is 0 Å². The Kier molecular flexibility index (Phi) is 2.90. The summed E-state index contributed by atoms with van der Waals surface area (Å²) < 4.78 is 1.23. The number of carbonyl (C=O) groups is 1. The highest BCUT2D eigenvalue weighted by Crippen LogP contribution is 2.33. The lowest BCUT2D eigenvalue weighted by molar-refractivity contribution is 0.112. The Morgan fingerprint density at radius 3 is 2.83 bits per heavy atom. The van der Waals surface area contributed by atoms with E-state index in [-0.39, 0.29) is 0 Å². The lowest BCUT2D eigenvalue weighted by Crippen LogP contribution is -1.85. The fourth-order valence-electron chi connectivity index (χ4n) is 2.02. The smallest absolute Gasteiger partial charge is 0.151 e. The number of thiophene rings is 1. The van der Waals surface area contributed by atoms with Crippen molar-refractivity contribution in [3.8, 4) is 11.1 Å². The molecule has 3 aromatic rings. The predicted molar refractivity (Wildman–Crippen MR) is 77.7 cm³/mol. The van der Waals surface area contributed by atoms with Gasteiger partial charge in [-0.15, -0.1) is 11.3 Å². The normalized spacial score (nSPS) is 10.7. The second kappa shape index (κ2) is 4.56. The van der Waals surface area contributed by atoms with E-state index < -0.39 is 0 Å². The summed E-state index contributed by atoms with van der Waals surface area (Å²) in [6, 6.07) is 13.8. The summed E-state index contributed by atoms with van der Waals surface area (Å²) >= 11 is 7.66. The first-order valence-electron chi connectivity index (χ1n) is 5.51. The van der Waals surface area contributed by atoms with Crippen molar-refractivity contribution in [2.24, 2.45) is 0 Å². The lowest BCUT2D eigenvalue weighted by atomic mass is 10.0. The van der Waals surface area contributed by atoms with Crippen molar-refractivity contribution < 1.29 is 4.79 Å². The molecule has 0 spiro atoms. The molecular formula is C15H9ClOS. The molecular weight excluding hydrogens is 264 g/mol. The van der Waals surface area contributed by atoms with E-state index in [0.717, 1.165) is 17.4 Å². The average molecular weight is 273 g/mol. The number of halogens is 1. The Morgan fingerprint density at radius 1 is 1.11 bits per heavy atom. The summed E-state index contributed by atoms with van der Waals surface area (Å²) in [5.41, 5.74) is 2.69. The van der Waals surface area contributed by atoms with Crippen LogP contribution >= 0.6 is 22.9 Å². The van der Waals surface area contributed by atoms with Crippen LogP contribution < -0.4 is 0 Å². The topological polar surface area (TPSA) is 17.1 Å². The van der Waals surface area contributed by atoms with Gasteiger partial charge in [-0.3, -0.25) is 4.79 Å². The third kappa shape index (κ3) is 1.84. The van der Waals surface area contributed by atoms with Crippen LogP contribution in [0.4, 0.5) is 0 Å². The quantitative estimate of drug-likeness (QED) is 0.598. The van der Waals surface area contributed by atoms with E-state index in [1.54, 1.807) is 17.4 Å². The van der Waals surface area contributed by atoms with Crippen LogP contribution in [0.1, 0.15) is 10.4 Å². The standard InChI is InChI=1S/C15H9ClOS/c16-14-5-4-11(8-12(14)9-17)13-3-1-2-10-6-7-18-15(10)13/h1-9H. The Labute approximate surface area is 114 Å². The molecule has 88 valence electrons. The molecule has 0 radical (unpaired) electrons. The zero-order valence-corrected chi connectivity index (χ0v) is 11.0. The molecule has 0 aliphatic carbocycles. The van der Waals surface area contributed by atoms with E-state index in [2.05, 4.69) is 23.6 Å². The highest BCUT2D eigenvalue weighted by Gasteiger charge is 2.07. The molecule has 0 amide bonds. The Morgan fingerprint density at radius 2 is 2.00 bits per heavy atom. The monoisotopic (exact) mass is 272 g/mol. The minimum Gasteiger partial charge on any atom is -0.298 e. The van der Waals surface area contributed by atoms with Crippen LogP contribution in [-0.2, 0) is 0 Å². The molecule has 2 aromatic carbocycles. The van der Waals surface area contributed by atoms with Gasteiger partial charge in [0.25, 0.3) is 0 Å². The van der Waals surface area contributed by atoms with Crippen molar-refractivity contribution >= 4 is 39.3 Å². The minimum absolute atomic E-state index is 0.493. The first-order chi connectivity index (χ1) is 8.79. The number of aldehydes is 1. The van der Waals surface area contributed by atoms with Crippen molar-refractivity contribution in [2.45, 2.75) is 0 Å². The summed E-state index contributed by atoms with van der Waals surface area (Å²) in [5, 5.41) is 3.79. The maximum absolute atomic E-state index is 10.9. The SMILES string of the molecule is O=Cc1cc(-c2cccc3ccsc23)ccc1Cl. The highest BCUT2D eigenvalue weighted by atomic mass is 35.5. The fraction of sp³-hybridized carbons (Fsp3) is 0. The largest absolute Gasteiger partial charge is 0.298 e. The van der Waals surface area contributed by atoms with E-state index in [1.165, 1.54) is 10.1 Å². The maximum atomic E-state index is 10.9. The molecule has 1 nitrogen and oxygen atoms in total. The molecule has 0 unspecified atom stereocenters. The number of rotatable bonds is 2. The molecule has 0 saturated heterocycles. The van der Waals surface area contributed by atoms with Gasteiger partial charge in [0.1, 0.15) is 0 Å². The molecule has 0 aliphatic rings. The van der Waals surface area contributed by atoms with Crippen molar-refractivity contribution in [3.63, 3.8) is 0 Å². The van der Waals surface area contributed by atoms with Crippen LogP contribution in [0.3, 0.4) is 0 Å². The van der Waals surface area contributed by atoms with Gasteiger partial charge in [-0.25, -0.2) is 0 Å². The summed E-state index contributed by atoms with van der Waals surface area (Å²) in [4.78, 5) is 10.9. The molecule has 3 rings (SSSR count). The Bertz CT molecular complexity index is 730. The molecule has 0 aliphatic heterocycles. The molecule has 18 heavy (non-hydrogen) atoms. The number of hydrogen-bond donors (Lipinski definition) is 0. The van der Waals surface area contributed by atoms with Crippen molar-refractivity contribution in [3.05, 3.63) is 58.4 Å². The molecule has 3 heteroatoms. The Balaban J connectivity index is 2.26. The number of fused-ring (bicyclic) bond motifs is 1. The fourth-order valence-corrected chi connectivity index (χ4v) is 3.12. The van der Waals surface area contributed by atoms with Crippen LogP contribution in [-0.4, -0.2) is 6.29 Å². The average Bonchev–Trinajstić information content (AvgIpc) is 2.87. The van der Waals surface area contributed by atoms with Crippen molar-refractivity contribution in [1.82, 2.24) is 0 Å². The number of hydrogen-bond acceptors (Lipinski definition) is 2. The van der Waals surface area contributed by atoms with Crippen LogP contribution in [0, 0.1) is 0 Å². The minimum atomic E-state index is 0.493. The maximum Gasteiger partial charge on any atom is 0.151 e. The van der Waals surface area contributed by atoms with E-state index in [9.17, 15) is 4.79 Å². The van der Waals surface area contributed by atoms with Crippen LogP contribution in [0.5, 0.6) is 0 Å². The van der Waals surface area contributed by atoms with Gasteiger partial charge in [0, 0.05) is 10.3 Å². The van der Waals surface area contributed by atoms with Gasteiger partial charge in [0.2, 0.25) is 0 Å². The van der Waals surface area contributed by atoms with Gasteiger partial charge in [-0.2, -0.15) is 0 Å². The van der Waals surface area contributed by atoms with Gasteiger partial charge in [0.05, 0.1) is 5.02 Å². The second-order valence-electron chi connectivity index (χ2n) is 4.00. The molecule has 0 saturated carbocycles. The van der Waals surface area contributed by atoms with E-state index in [0.29, 0.717) is 10.6 Å².